The predicted octanol–water partition coefficient (Wildman–Crippen LogP) is 4.79. The molecular formula is C23H20F3N3O4S. The third-order valence-corrected chi connectivity index (χ3v) is 5.87. The first-order valence-electron chi connectivity index (χ1n) is 10.1. The number of aromatic amines is 1. The maximum absolute atomic E-state index is 13.1. The van der Waals surface area contributed by atoms with Crippen molar-refractivity contribution in [2.45, 2.75) is 23.7 Å². The minimum atomic E-state index is -4.44. The van der Waals surface area contributed by atoms with Crippen molar-refractivity contribution in [2.24, 2.45) is 0 Å². The molecule has 7 nitrogen and oxygen atoms in total. The molecule has 0 fully saturated rings. The Labute approximate surface area is 195 Å². The smallest absolute Gasteiger partial charge is 0.422 e. The maximum Gasteiger partial charge on any atom is 0.422 e. The van der Waals surface area contributed by atoms with Crippen molar-refractivity contribution >= 4 is 21.8 Å². The zero-order chi connectivity index (χ0) is 24.1. The van der Waals surface area contributed by atoms with Crippen LogP contribution in [0.4, 0.5) is 13.2 Å². The van der Waals surface area contributed by atoms with Crippen LogP contribution in [0.3, 0.4) is 0 Å². The number of nitrogens with zero attached hydrogens (tertiary/aromatic N) is 2. The Hall–Kier alpha value is -3.60. The van der Waals surface area contributed by atoms with Gasteiger partial charge in [0.1, 0.15) is 12.4 Å². The van der Waals surface area contributed by atoms with Crippen molar-refractivity contribution in [1.29, 1.82) is 0 Å². The molecule has 0 aliphatic heterocycles. The topological polar surface area (TPSA) is 86.3 Å². The Balaban J connectivity index is 1.52. The summed E-state index contributed by atoms with van der Waals surface area (Å²) >= 11 is 0. The van der Waals surface area contributed by atoms with E-state index in [0.29, 0.717) is 28.2 Å². The molecular weight excluding hydrogens is 471 g/mol. The number of rotatable bonds is 9. The van der Waals surface area contributed by atoms with E-state index in [2.05, 4.69) is 15.0 Å². The third kappa shape index (κ3) is 5.84. The average molecular weight is 491 g/mol. The Kier molecular flexibility index (Phi) is 7.01. The minimum absolute atomic E-state index is 0.0153. The second-order valence-electron chi connectivity index (χ2n) is 7.18. The number of imidazole rings is 1. The molecule has 0 aliphatic carbocycles. The third-order valence-electron chi connectivity index (χ3n) is 4.71. The number of benzene rings is 2. The summed E-state index contributed by atoms with van der Waals surface area (Å²) < 4.78 is 66.4. The molecule has 1 atom stereocenters. The van der Waals surface area contributed by atoms with Crippen LogP contribution >= 0.6 is 0 Å². The van der Waals surface area contributed by atoms with Crippen LogP contribution in [0, 0.1) is 0 Å². The van der Waals surface area contributed by atoms with E-state index in [9.17, 15) is 17.4 Å². The van der Waals surface area contributed by atoms with Crippen LogP contribution in [0.25, 0.3) is 11.0 Å². The Morgan fingerprint density at radius 1 is 1.06 bits per heavy atom. The van der Waals surface area contributed by atoms with Crippen LogP contribution < -0.4 is 14.2 Å². The first kappa shape index (κ1) is 23.6. The largest absolute Gasteiger partial charge is 0.493 e. The zero-order valence-electron chi connectivity index (χ0n) is 18.0. The molecule has 0 amide bonds. The summed E-state index contributed by atoms with van der Waals surface area (Å²) in [5.74, 6) is 0.838. The summed E-state index contributed by atoms with van der Waals surface area (Å²) in [5.41, 5.74) is 2.22. The Morgan fingerprint density at radius 3 is 2.59 bits per heavy atom. The van der Waals surface area contributed by atoms with Gasteiger partial charge in [-0.05, 0) is 17.7 Å². The first-order chi connectivity index (χ1) is 16.3. The highest BCUT2D eigenvalue weighted by Crippen LogP contribution is 2.32. The van der Waals surface area contributed by atoms with E-state index in [1.165, 1.54) is 31.5 Å². The molecule has 178 valence electrons. The van der Waals surface area contributed by atoms with Gasteiger partial charge in [0, 0.05) is 18.3 Å². The van der Waals surface area contributed by atoms with Gasteiger partial charge in [-0.25, -0.2) is 4.98 Å². The standard InChI is InChI=1S/C23H20F3N3O4S/c1-31-20-9-10-27-19(21(20)32-12-15-5-3-2-4-6-15)13-34(30)22-28-17-8-7-16(11-18(17)29-22)33-14-23(24,25)26/h2-11H,12-14H2,1H3,(H,28,29). The summed E-state index contributed by atoms with van der Waals surface area (Å²) in [7, 11) is -0.142. The highest BCUT2D eigenvalue weighted by molar-refractivity contribution is 7.84. The fourth-order valence-electron chi connectivity index (χ4n) is 3.14. The van der Waals surface area contributed by atoms with E-state index in [1.54, 1.807) is 6.07 Å². The molecule has 0 bridgehead atoms. The van der Waals surface area contributed by atoms with Crippen molar-refractivity contribution in [3.8, 4) is 17.2 Å². The van der Waals surface area contributed by atoms with Gasteiger partial charge in [0.2, 0.25) is 0 Å². The van der Waals surface area contributed by atoms with E-state index >= 15 is 0 Å². The van der Waals surface area contributed by atoms with Gasteiger partial charge in [-0.1, -0.05) is 30.3 Å². The molecule has 4 rings (SSSR count). The van der Waals surface area contributed by atoms with Gasteiger partial charge in [0.25, 0.3) is 0 Å². The molecule has 11 heteroatoms. The van der Waals surface area contributed by atoms with Crippen LogP contribution in [0.1, 0.15) is 11.3 Å². The molecule has 34 heavy (non-hydrogen) atoms. The van der Waals surface area contributed by atoms with Gasteiger partial charge in [-0.2, -0.15) is 13.2 Å². The van der Waals surface area contributed by atoms with Crippen LogP contribution in [-0.2, 0) is 23.2 Å². The fraction of sp³-hybridized carbons (Fsp3) is 0.217. The van der Waals surface area contributed by atoms with Crippen LogP contribution in [0.5, 0.6) is 17.2 Å². The number of pyridine rings is 1. The number of hydrogen-bond donors (Lipinski definition) is 1. The normalized spacial score (nSPS) is 12.5. The van der Waals surface area contributed by atoms with Crippen molar-refractivity contribution in [3.05, 3.63) is 72.1 Å². The number of halogens is 3. The van der Waals surface area contributed by atoms with Crippen molar-refractivity contribution in [2.75, 3.05) is 13.7 Å². The van der Waals surface area contributed by atoms with E-state index in [4.69, 9.17) is 14.2 Å². The summed E-state index contributed by atoms with van der Waals surface area (Å²) in [5, 5.41) is 0.154. The van der Waals surface area contributed by atoms with E-state index in [1.807, 2.05) is 30.3 Å². The lowest BCUT2D eigenvalue weighted by Crippen LogP contribution is -2.19. The zero-order valence-corrected chi connectivity index (χ0v) is 18.8. The lowest BCUT2D eigenvalue weighted by atomic mass is 10.2. The van der Waals surface area contributed by atoms with E-state index in [0.717, 1.165) is 5.56 Å². The lowest BCUT2D eigenvalue weighted by Gasteiger charge is -2.14. The summed E-state index contributed by atoms with van der Waals surface area (Å²) in [6.45, 7) is -1.13. The number of alkyl halides is 3. The maximum atomic E-state index is 13.1. The van der Waals surface area contributed by atoms with Gasteiger partial charge >= 0.3 is 6.18 Å². The SMILES string of the molecule is COc1ccnc(CS(=O)c2nc3ccc(OCC(F)(F)F)cc3[nH]2)c1OCc1ccccc1. The molecule has 2 heterocycles. The van der Waals surface area contributed by atoms with Crippen molar-refractivity contribution < 1.29 is 31.6 Å². The minimum Gasteiger partial charge on any atom is -0.493 e. The van der Waals surface area contributed by atoms with Crippen molar-refractivity contribution in [1.82, 2.24) is 15.0 Å². The van der Waals surface area contributed by atoms with E-state index in [-0.39, 0.29) is 23.3 Å². The number of nitrogens with one attached hydrogen (secondary N) is 1. The molecule has 1 N–H and O–H groups in total. The van der Waals surface area contributed by atoms with Gasteiger partial charge < -0.3 is 19.2 Å². The predicted molar refractivity (Wildman–Crippen MR) is 119 cm³/mol. The average Bonchev–Trinajstić information content (AvgIpc) is 3.25. The number of H-pyrrole nitrogens is 1. The van der Waals surface area contributed by atoms with Gasteiger partial charge in [0.05, 0.1) is 40.4 Å². The second-order valence-corrected chi connectivity index (χ2v) is 8.54. The van der Waals surface area contributed by atoms with Crippen LogP contribution in [0.2, 0.25) is 0 Å². The van der Waals surface area contributed by atoms with Gasteiger partial charge in [-0.3, -0.25) is 9.19 Å². The molecule has 4 aromatic rings. The molecule has 0 saturated heterocycles. The van der Waals surface area contributed by atoms with Crippen LogP contribution in [-0.4, -0.2) is 39.1 Å². The lowest BCUT2D eigenvalue weighted by molar-refractivity contribution is -0.153. The highest BCUT2D eigenvalue weighted by Gasteiger charge is 2.28. The number of ether oxygens (including phenoxy) is 3. The van der Waals surface area contributed by atoms with Crippen molar-refractivity contribution in [3.63, 3.8) is 0 Å². The number of hydrogen-bond acceptors (Lipinski definition) is 6. The number of fused-ring (bicyclic) bond motifs is 1. The molecule has 0 aliphatic rings. The van der Waals surface area contributed by atoms with E-state index < -0.39 is 23.6 Å². The summed E-state index contributed by atoms with van der Waals surface area (Å²) in [4.78, 5) is 11.5. The quantitative estimate of drug-likeness (QED) is 0.362. The molecule has 2 aromatic heterocycles. The Bertz CT molecular complexity index is 1300. The highest BCUT2D eigenvalue weighted by atomic mass is 32.2. The Morgan fingerprint density at radius 2 is 1.85 bits per heavy atom. The summed E-state index contributed by atoms with van der Waals surface area (Å²) in [6, 6.07) is 15.4. The van der Waals surface area contributed by atoms with Gasteiger partial charge in [-0.15, -0.1) is 0 Å². The summed E-state index contributed by atoms with van der Waals surface area (Å²) in [6.07, 6.45) is -2.91. The van der Waals surface area contributed by atoms with Crippen LogP contribution in [0.15, 0.2) is 66.0 Å². The molecule has 1 unspecified atom stereocenters. The molecule has 0 spiro atoms. The van der Waals surface area contributed by atoms with Gasteiger partial charge in [0.15, 0.2) is 23.3 Å². The fourth-order valence-corrected chi connectivity index (χ4v) is 4.15. The molecule has 2 aromatic carbocycles. The number of methoxy groups -OCH3 is 1. The number of aromatic nitrogens is 3. The molecule has 0 saturated carbocycles. The second kappa shape index (κ2) is 10.1. The monoisotopic (exact) mass is 491 g/mol. The first-order valence-corrected chi connectivity index (χ1v) is 11.4. The molecule has 0 radical (unpaired) electrons.